The Labute approximate surface area is 241 Å². The highest BCUT2D eigenvalue weighted by molar-refractivity contribution is 7.22. The highest BCUT2D eigenvalue weighted by Gasteiger charge is 2.53. The maximum Gasteiger partial charge on any atom is 0.417 e. The molecule has 0 aliphatic heterocycles. The zero-order chi connectivity index (χ0) is 31.1. The predicted molar refractivity (Wildman–Crippen MR) is 148 cm³/mol. The lowest BCUT2D eigenvalue weighted by atomic mass is 9.84. The van der Waals surface area contributed by atoms with Gasteiger partial charge in [-0.25, -0.2) is 0 Å². The van der Waals surface area contributed by atoms with E-state index in [9.17, 15) is 39.5 Å². The number of fused-ring (bicyclic) bond motifs is 3. The van der Waals surface area contributed by atoms with Crippen LogP contribution in [-0.2, 0) is 18.5 Å². The number of nitrogens with zero attached hydrogens (tertiary/aromatic N) is 2. The summed E-state index contributed by atoms with van der Waals surface area (Å²) in [4.78, 5) is 0.605. The van der Waals surface area contributed by atoms with Crippen LogP contribution in [0.3, 0.4) is 0 Å². The van der Waals surface area contributed by atoms with Crippen molar-refractivity contribution in [1.29, 1.82) is 0 Å². The standard InChI is InChI=1S/C31H17F9N2S/c1-14-15(2)24(29(32,33)34)26(31(38,39)40)25(30(35,36)37)23(14)28-20-12-17-8-4-3-7-16(17)11-19(20)27(41-42-28)22-13-18-9-5-6-10-21(18)43-22/h3-13H,1-2H3. The molecule has 0 bridgehead atoms. The number of hydrogen-bond donors (Lipinski definition) is 0. The van der Waals surface area contributed by atoms with Gasteiger partial charge in [-0.2, -0.15) is 39.5 Å². The predicted octanol–water partition coefficient (Wildman–Crippen LogP) is 11.0. The van der Waals surface area contributed by atoms with Crippen molar-refractivity contribution in [2.75, 3.05) is 0 Å². The molecular formula is C31H17F9N2S. The van der Waals surface area contributed by atoms with E-state index in [1.54, 1.807) is 30.3 Å². The Balaban J connectivity index is 1.80. The lowest BCUT2D eigenvalue weighted by molar-refractivity contribution is -0.174. The molecule has 0 aliphatic rings. The van der Waals surface area contributed by atoms with Crippen LogP contribution in [0.2, 0.25) is 0 Å². The van der Waals surface area contributed by atoms with Gasteiger partial charge < -0.3 is 0 Å². The Hall–Kier alpha value is -4.19. The topological polar surface area (TPSA) is 25.8 Å². The van der Waals surface area contributed by atoms with Crippen molar-refractivity contribution in [2.24, 2.45) is 0 Å². The zero-order valence-corrected chi connectivity index (χ0v) is 22.9. The van der Waals surface area contributed by atoms with Crippen LogP contribution in [0.15, 0.2) is 66.7 Å². The summed E-state index contributed by atoms with van der Waals surface area (Å²) in [5.74, 6) is 0. The fourth-order valence-electron chi connectivity index (χ4n) is 5.52. The summed E-state index contributed by atoms with van der Waals surface area (Å²) in [5.41, 5.74) is -10.7. The summed E-state index contributed by atoms with van der Waals surface area (Å²) in [6.45, 7) is 1.66. The largest absolute Gasteiger partial charge is 0.417 e. The molecule has 0 atom stereocenters. The molecule has 0 saturated carbocycles. The number of thiophene rings is 1. The van der Waals surface area contributed by atoms with Crippen molar-refractivity contribution in [3.8, 4) is 21.8 Å². The van der Waals surface area contributed by atoms with Crippen molar-refractivity contribution in [3.63, 3.8) is 0 Å². The highest BCUT2D eigenvalue weighted by Crippen LogP contribution is 2.53. The van der Waals surface area contributed by atoms with Crippen molar-refractivity contribution < 1.29 is 39.5 Å². The first-order chi connectivity index (χ1) is 20.1. The van der Waals surface area contributed by atoms with Gasteiger partial charge in [-0.3, -0.25) is 0 Å². The quantitative estimate of drug-likeness (QED) is 0.142. The molecule has 0 radical (unpaired) electrons. The van der Waals surface area contributed by atoms with Crippen molar-refractivity contribution in [3.05, 3.63) is 94.5 Å². The van der Waals surface area contributed by atoms with E-state index in [1.165, 1.54) is 17.4 Å². The molecule has 0 N–H and O–H groups in total. The smallest absolute Gasteiger partial charge is 0.166 e. The van der Waals surface area contributed by atoms with Gasteiger partial charge in [0, 0.05) is 21.0 Å². The molecule has 2 heterocycles. The van der Waals surface area contributed by atoms with E-state index >= 15 is 0 Å². The Bertz CT molecular complexity index is 2040. The van der Waals surface area contributed by atoms with Crippen LogP contribution in [0.5, 0.6) is 0 Å². The summed E-state index contributed by atoms with van der Waals surface area (Å²) >= 11 is 1.34. The monoisotopic (exact) mass is 620 g/mol. The maximum atomic E-state index is 14.6. The van der Waals surface area contributed by atoms with E-state index in [1.807, 2.05) is 30.3 Å². The van der Waals surface area contributed by atoms with Gasteiger partial charge >= 0.3 is 18.5 Å². The molecular weight excluding hydrogens is 603 g/mol. The number of alkyl halides is 9. The molecule has 0 amide bonds. The summed E-state index contributed by atoms with van der Waals surface area (Å²) in [6.07, 6.45) is -17.5. The van der Waals surface area contributed by atoms with Crippen LogP contribution in [0, 0.1) is 13.8 Å². The van der Waals surface area contributed by atoms with Crippen molar-refractivity contribution >= 4 is 43.0 Å². The van der Waals surface area contributed by atoms with Gasteiger partial charge in [-0.05, 0) is 65.4 Å². The fraction of sp³-hybridized carbons (Fsp3) is 0.161. The zero-order valence-electron chi connectivity index (χ0n) is 22.1. The molecule has 6 aromatic rings. The Morgan fingerprint density at radius 2 is 1.02 bits per heavy atom. The molecule has 6 rings (SSSR count). The third-order valence-corrected chi connectivity index (χ3v) is 8.58. The van der Waals surface area contributed by atoms with Gasteiger partial charge in [0.2, 0.25) is 0 Å². The van der Waals surface area contributed by atoms with Gasteiger partial charge in [-0.15, -0.1) is 21.5 Å². The number of halogens is 9. The molecule has 220 valence electrons. The van der Waals surface area contributed by atoms with Crippen molar-refractivity contribution in [1.82, 2.24) is 10.2 Å². The van der Waals surface area contributed by atoms with Gasteiger partial charge in [0.05, 0.1) is 21.6 Å². The van der Waals surface area contributed by atoms with Crippen LogP contribution >= 0.6 is 11.3 Å². The first-order valence-electron chi connectivity index (χ1n) is 12.6. The minimum atomic E-state index is -5.99. The summed E-state index contributed by atoms with van der Waals surface area (Å²) in [7, 11) is 0. The van der Waals surface area contributed by atoms with E-state index in [-0.39, 0.29) is 16.5 Å². The average Bonchev–Trinajstić information content (AvgIpc) is 3.35. The van der Waals surface area contributed by atoms with Gasteiger partial charge in [0.15, 0.2) is 0 Å². The Morgan fingerprint density at radius 1 is 0.535 bits per heavy atom. The van der Waals surface area contributed by atoms with Crippen LogP contribution in [-0.4, -0.2) is 10.2 Å². The molecule has 4 aromatic carbocycles. The number of hydrogen-bond acceptors (Lipinski definition) is 3. The van der Waals surface area contributed by atoms with E-state index in [4.69, 9.17) is 0 Å². The summed E-state index contributed by atoms with van der Waals surface area (Å²) in [6, 6.07) is 19.1. The first-order valence-corrected chi connectivity index (χ1v) is 13.5. The number of aromatic nitrogens is 2. The highest BCUT2D eigenvalue weighted by atomic mass is 32.1. The molecule has 0 unspecified atom stereocenters. The molecule has 0 aliphatic carbocycles. The van der Waals surface area contributed by atoms with Crippen LogP contribution in [0.25, 0.3) is 53.5 Å². The summed E-state index contributed by atoms with van der Waals surface area (Å²) in [5, 5.41) is 10.6. The second-order valence-electron chi connectivity index (χ2n) is 10.0. The molecule has 12 heteroatoms. The SMILES string of the molecule is Cc1c(C)c(C(F)(F)F)c(C(F)(F)F)c(C(F)(F)F)c1-c1nnc(-c2cc3ccccc3s2)c2cc3ccccc3cc12. The van der Waals surface area contributed by atoms with Crippen molar-refractivity contribution in [2.45, 2.75) is 32.4 Å². The molecule has 0 fully saturated rings. The van der Waals surface area contributed by atoms with Gasteiger partial charge in [0.25, 0.3) is 0 Å². The fourth-order valence-corrected chi connectivity index (χ4v) is 6.58. The lowest BCUT2D eigenvalue weighted by Gasteiger charge is -2.27. The van der Waals surface area contributed by atoms with Gasteiger partial charge in [-0.1, -0.05) is 42.5 Å². The average molecular weight is 621 g/mol. The first kappa shape index (κ1) is 28.9. The Kier molecular flexibility index (Phi) is 6.50. The van der Waals surface area contributed by atoms with Gasteiger partial charge in [0.1, 0.15) is 11.4 Å². The van der Waals surface area contributed by atoms with E-state index in [2.05, 4.69) is 10.2 Å². The second-order valence-corrected chi connectivity index (χ2v) is 11.1. The minimum Gasteiger partial charge on any atom is -0.166 e. The minimum absolute atomic E-state index is 0.0158. The normalized spacial score (nSPS) is 13.0. The lowest BCUT2D eigenvalue weighted by Crippen LogP contribution is -2.26. The summed E-state index contributed by atoms with van der Waals surface area (Å²) < 4.78 is 129. The molecule has 0 spiro atoms. The van der Waals surface area contributed by atoms with Crippen LogP contribution < -0.4 is 0 Å². The number of benzene rings is 4. The van der Waals surface area contributed by atoms with Crippen LogP contribution in [0.1, 0.15) is 27.8 Å². The molecule has 0 saturated heterocycles. The third kappa shape index (κ3) is 4.77. The molecule has 2 nitrogen and oxygen atoms in total. The molecule has 43 heavy (non-hydrogen) atoms. The maximum absolute atomic E-state index is 14.6. The third-order valence-electron chi connectivity index (χ3n) is 7.45. The second kappa shape index (κ2) is 9.66. The molecule has 2 aromatic heterocycles. The van der Waals surface area contributed by atoms with E-state index < -0.39 is 57.6 Å². The van der Waals surface area contributed by atoms with Crippen LogP contribution in [0.4, 0.5) is 39.5 Å². The van der Waals surface area contributed by atoms with E-state index in [0.717, 1.165) is 23.9 Å². The Morgan fingerprint density at radius 3 is 1.56 bits per heavy atom. The van der Waals surface area contributed by atoms with E-state index in [0.29, 0.717) is 15.6 Å². The number of rotatable bonds is 2.